The van der Waals surface area contributed by atoms with Crippen LogP contribution >= 0.6 is 0 Å². The zero-order valence-electron chi connectivity index (χ0n) is 24.3. The van der Waals surface area contributed by atoms with Crippen LogP contribution in [-0.2, 0) is 32.0 Å². The first-order chi connectivity index (χ1) is 20.0. The van der Waals surface area contributed by atoms with Crippen molar-refractivity contribution in [2.75, 3.05) is 6.54 Å². The van der Waals surface area contributed by atoms with Crippen LogP contribution in [0, 0.1) is 5.92 Å². The van der Waals surface area contributed by atoms with Gasteiger partial charge in [-0.1, -0.05) is 74.5 Å². The summed E-state index contributed by atoms with van der Waals surface area (Å²) in [5, 5.41) is 8.16. The standard InChI is InChI=1S/C30H44N8O4/c1-19(2)16-25(38-27(40)22(31)17-20-10-5-3-6-11-20)29(42)36-23(14-9-15-35-30(33)34)28(41)37-24(26(32)39)18-21-12-7-4-8-13-21/h3-8,10-13,19,22-25H,9,14-18,31H2,1-2H3,(H2,32,39)(H,36,42)(H,37,41)(H,38,40)(H4,33,34,35)/t22-,23-,24-,25+/m1/s1. The first-order valence-corrected chi connectivity index (χ1v) is 14.1. The van der Waals surface area contributed by atoms with Gasteiger partial charge in [-0.3, -0.25) is 24.2 Å². The van der Waals surface area contributed by atoms with Crippen LogP contribution in [0.4, 0.5) is 0 Å². The van der Waals surface area contributed by atoms with E-state index in [1.54, 1.807) is 0 Å². The Kier molecular flexibility index (Phi) is 14.0. The predicted molar refractivity (Wildman–Crippen MR) is 163 cm³/mol. The van der Waals surface area contributed by atoms with Crippen LogP contribution in [0.15, 0.2) is 65.7 Å². The summed E-state index contributed by atoms with van der Waals surface area (Å²) < 4.78 is 0. The second-order valence-electron chi connectivity index (χ2n) is 10.7. The van der Waals surface area contributed by atoms with Gasteiger partial charge in [-0.15, -0.1) is 0 Å². The molecule has 0 bridgehead atoms. The predicted octanol–water partition coefficient (Wildman–Crippen LogP) is -0.161. The molecule has 0 aliphatic heterocycles. The van der Waals surface area contributed by atoms with Crippen molar-refractivity contribution in [3.8, 4) is 0 Å². The molecular weight excluding hydrogens is 536 g/mol. The number of hydrogen-bond acceptors (Lipinski definition) is 6. The molecule has 2 rings (SSSR count). The van der Waals surface area contributed by atoms with Gasteiger partial charge in [0.15, 0.2) is 5.96 Å². The zero-order chi connectivity index (χ0) is 31.1. The maximum absolute atomic E-state index is 13.5. The molecule has 0 unspecified atom stereocenters. The quantitative estimate of drug-likeness (QED) is 0.0760. The Morgan fingerprint density at radius 1 is 0.714 bits per heavy atom. The fraction of sp³-hybridized carbons (Fsp3) is 0.433. The molecule has 0 aliphatic rings. The van der Waals surface area contributed by atoms with Crippen molar-refractivity contribution in [2.45, 2.75) is 70.1 Å². The number of guanidine groups is 1. The van der Waals surface area contributed by atoms with Crippen LogP contribution in [0.1, 0.15) is 44.2 Å². The van der Waals surface area contributed by atoms with Crippen LogP contribution in [0.25, 0.3) is 0 Å². The molecule has 4 amide bonds. The van der Waals surface area contributed by atoms with Crippen molar-refractivity contribution in [1.82, 2.24) is 16.0 Å². The van der Waals surface area contributed by atoms with Gasteiger partial charge in [0.1, 0.15) is 18.1 Å². The molecule has 12 nitrogen and oxygen atoms in total. The highest BCUT2D eigenvalue weighted by molar-refractivity contribution is 5.94. The number of carbonyl (C=O) groups is 4. The Morgan fingerprint density at radius 2 is 1.21 bits per heavy atom. The van der Waals surface area contributed by atoms with Gasteiger partial charge >= 0.3 is 0 Å². The lowest BCUT2D eigenvalue weighted by molar-refractivity contribution is -0.133. The second kappa shape index (κ2) is 17.4. The van der Waals surface area contributed by atoms with E-state index in [1.807, 2.05) is 74.5 Å². The summed E-state index contributed by atoms with van der Waals surface area (Å²) in [6, 6.07) is 14.6. The fourth-order valence-corrected chi connectivity index (χ4v) is 4.33. The summed E-state index contributed by atoms with van der Waals surface area (Å²) in [4.78, 5) is 55.9. The molecule has 0 saturated heterocycles. The molecule has 0 heterocycles. The average molecular weight is 581 g/mol. The van der Waals surface area contributed by atoms with Gasteiger partial charge in [0.25, 0.3) is 0 Å². The van der Waals surface area contributed by atoms with E-state index in [0.29, 0.717) is 19.3 Å². The van der Waals surface area contributed by atoms with Crippen molar-refractivity contribution in [3.63, 3.8) is 0 Å². The number of aliphatic imine (C=N–C) groups is 1. The molecule has 0 aliphatic carbocycles. The minimum absolute atomic E-state index is 0.0469. The van der Waals surface area contributed by atoms with Crippen molar-refractivity contribution in [1.29, 1.82) is 0 Å². The number of rotatable bonds is 17. The maximum Gasteiger partial charge on any atom is 0.243 e. The lowest BCUT2D eigenvalue weighted by atomic mass is 10.0. The third kappa shape index (κ3) is 12.4. The minimum atomic E-state index is -1.05. The van der Waals surface area contributed by atoms with Gasteiger partial charge in [0, 0.05) is 13.0 Å². The molecule has 2 aromatic rings. The number of amides is 4. The van der Waals surface area contributed by atoms with Crippen molar-refractivity contribution < 1.29 is 19.2 Å². The molecule has 0 radical (unpaired) electrons. The second-order valence-corrected chi connectivity index (χ2v) is 10.7. The lowest BCUT2D eigenvalue weighted by Gasteiger charge is -2.26. The molecule has 0 saturated carbocycles. The van der Waals surface area contributed by atoms with Crippen molar-refractivity contribution in [2.24, 2.45) is 33.8 Å². The Bertz CT molecular complexity index is 1190. The van der Waals surface area contributed by atoms with Gasteiger partial charge in [-0.25, -0.2) is 0 Å². The molecule has 0 fully saturated rings. The van der Waals surface area contributed by atoms with Crippen molar-refractivity contribution in [3.05, 3.63) is 71.8 Å². The van der Waals surface area contributed by atoms with Gasteiger partial charge < -0.3 is 38.9 Å². The number of nitrogens with one attached hydrogen (secondary N) is 3. The third-order valence-electron chi connectivity index (χ3n) is 6.50. The van der Waals surface area contributed by atoms with Gasteiger partial charge in [0.05, 0.1) is 6.04 Å². The topological polar surface area (TPSA) is 221 Å². The summed E-state index contributed by atoms with van der Waals surface area (Å²) >= 11 is 0. The fourth-order valence-electron chi connectivity index (χ4n) is 4.33. The summed E-state index contributed by atoms with van der Waals surface area (Å²) in [5.74, 6) is -2.39. The first-order valence-electron chi connectivity index (χ1n) is 14.1. The summed E-state index contributed by atoms with van der Waals surface area (Å²) in [6.45, 7) is 4.05. The van der Waals surface area contributed by atoms with Crippen LogP contribution in [0.2, 0.25) is 0 Å². The van der Waals surface area contributed by atoms with Gasteiger partial charge in [-0.2, -0.15) is 0 Å². The highest BCUT2D eigenvalue weighted by Gasteiger charge is 2.30. The maximum atomic E-state index is 13.5. The van der Waals surface area contributed by atoms with Gasteiger partial charge in [-0.05, 0) is 42.7 Å². The molecule has 12 heteroatoms. The Morgan fingerprint density at radius 3 is 1.74 bits per heavy atom. The number of carbonyl (C=O) groups excluding carboxylic acids is 4. The number of hydrogen-bond donors (Lipinski definition) is 7. The third-order valence-corrected chi connectivity index (χ3v) is 6.50. The van der Waals surface area contributed by atoms with Crippen LogP contribution in [0.5, 0.6) is 0 Å². The highest BCUT2D eigenvalue weighted by atomic mass is 16.2. The van der Waals surface area contributed by atoms with E-state index in [2.05, 4.69) is 20.9 Å². The molecule has 228 valence electrons. The Hall–Kier alpha value is -4.45. The van der Waals surface area contributed by atoms with E-state index >= 15 is 0 Å². The van der Waals surface area contributed by atoms with E-state index < -0.39 is 47.8 Å². The minimum Gasteiger partial charge on any atom is -0.370 e. The van der Waals surface area contributed by atoms with Crippen LogP contribution < -0.4 is 38.9 Å². The average Bonchev–Trinajstić information content (AvgIpc) is 2.94. The summed E-state index contributed by atoms with van der Waals surface area (Å²) in [6.07, 6.45) is 1.33. The molecule has 0 aromatic heterocycles. The van der Waals surface area contributed by atoms with Gasteiger partial charge in [0.2, 0.25) is 23.6 Å². The first kappa shape index (κ1) is 33.8. The molecular formula is C30H44N8O4. The highest BCUT2D eigenvalue weighted by Crippen LogP contribution is 2.10. The molecule has 0 spiro atoms. The number of primary amides is 1. The zero-order valence-corrected chi connectivity index (χ0v) is 24.3. The Balaban J connectivity index is 2.16. The molecule has 11 N–H and O–H groups in total. The summed E-state index contributed by atoms with van der Waals surface area (Å²) in [7, 11) is 0. The SMILES string of the molecule is CC(C)C[C@H](NC(=O)[C@H](N)Cc1ccccc1)C(=O)N[C@H](CCCN=C(N)N)C(=O)N[C@H](Cc1ccccc1)C(N)=O. The lowest BCUT2D eigenvalue weighted by Crippen LogP contribution is -2.58. The van der Waals surface area contributed by atoms with E-state index in [9.17, 15) is 19.2 Å². The monoisotopic (exact) mass is 580 g/mol. The molecule has 2 aromatic carbocycles. The van der Waals surface area contributed by atoms with E-state index in [0.717, 1.165) is 11.1 Å². The van der Waals surface area contributed by atoms with Crippen molar-refractivity contribution >= 4 is 29.6 Å². The van der Waals surface area contributed by atoms with Crippen LogP contribution in [0.3, 0.4) is 0 Å². The van der Waals surface area contributed by atoms with E-state index in [1.165, 1.54) is 0 Å². The van der Waals surface area contributed by atoms with E-state index in [-0.39, 0.29) is 31.3 Å². The normalized spacial score (nSPS) is 13.7. The smallest absolute Gasteiger partial charge is 0.243 e. The number of nitrogens with zero attached hydrogens (tertiary/aromatic N) is 1. The Labute approximate surface area is 247 Å². The molecule has 4 atom stereocenters. The van der Waals surface area contributed by atoms with Crippen LogP contribution in [-0.4, -0.2) is 60.3 Å². The number of benzene rings is 2. The van der Waals surface area contributed by atoms with E-state index in [4.69, 9.17) is 22.9 Å². The largest absolute Gasteiger partial charge is 0.370 e. The summed E-state index contributed by atoms with van der Waals surface area (Å²) in [5.41, 5.74) is 24.2. The number of nitrogens with two attached hydrogens (primary N) is 4. The molecule has 42 heavy (non-hydrogen) atoms.